The number of fused-ring (bicyclic) bond motifs is 1. The number of anilines is 1. The zero-order valence-corrected chi connectivity index (χ0v) is 12.5. The maximum Gasteiger partial charge on any atom is 0.325 e. The summed E-state index contributed by atoms with van der Waals surface area (Å²) in [6.07, 6.45) is 2.07. The van der Waals surface area contributed by atoms with Gasteiger partial charge in [-0.2, -0.15) is 0 Å². The molecular formula is C16H23N3O2. The fourth-order valence-electron chi connectivity index (χ4n) is 3.22. The van der Waals surface area contributed by atoms with Gasteiger partial charge in [0, 0.05) is 19.7 Å². The van der Waals surface area contributed by atoms with E-state index in [1.54, 1.807) is 7.11 Å². The Morgan fingerprint density at radius 2 is 2.05 bits per heavy atom. The number of carbonyl (C=O) groups is 1. The lowest BCUT2D eigenvalue weighted by atomic mass is 10.0. The number of carbonyl (C=O) groups excluding carboxylic acids is 1. The van der Waals surface area contributed by atoms with Crippen LogP contribution in [0.15, 0.2) is 24.3 Å². The molecule has 1 saturated heterocycles. The SMILES string of the molecule is COCCN1C(=O)N(C2CCNCC2)Cc2ccccc21. The maximum absolute atomic E-state index is 12.9. The van der Waals surface area contributed by atoms with Crippen LogP contribution in [0.25, 0.3) is 0 Å². The molecular weight excluding hydrogens is 266 g/mol. The largest absolute Gasteiger partial charge is 0.383 e. The first-order valence-electron chi connectivity index (χ1n) is 7.67. The van der Waals surface area contributed by atoms with E-state index in [4.69, 9.17) is 4.74 Å². The molecule has 2 amide bonds. The Kier molecular flexibility index (Phi) is 4.41. The van der Waals surface area contributed by atoms with E-state index in [1.165, 1.54) is 5.56 Å². The summed E-state index contributed by atoms with van der Waals surface area (Å²) in [5.41, 5.74) is 2.26. The van der Waals surface area contributed by atoms with E-state index in [-0.39, 0.29) is 6.03 Å². The third-order valence-electron chi connectivity index (χ3n) is 4.37. The number of nitrogens with zero attached hydrogens (tertiary/aromatic N) is 2. The van der Waals surface area contributed by atoms with Gasteiger partial charge in [-0.05, 0) is 37.6 Å². The van der Waals surface area contributed by atoms with E-state index in [9.17, 15) is 4.79 Å². The molecule has 21 heavy (non-hydrogen) atoms. The van der Waals surface area contributed by atoms with Crippen molar-refractivity contribution in [1.29, 1.82) is 0 Å². The van der Waals surface area contributed by atoms with Crippen LogP contribution >= 0.6 is 0 Å². The van der Waals surface area contributed by atoms with Crippen molar-refractivity contribution in [2.24, 2.45) is 0 Å². The van der Waals surface area contributed by atoms with E-state index in [2.05, 4.69) is 11.4 Å². The third-order valence-corrected chi connectivity index (χ3v) is 4.37. The Labute approximate surface area is 125 Å². The maximum atomic E-state index is 12.9. The summed E-state index contributed by atoms with van der Waals surface area (Å²) >= 11 is 0. The van der Waals surface area contributed by atoms with E-state index >= 15 is 0 Å². The summed E-state index contributed by atoms with van der Waals surface area (Å²) in [7, 11) is 1.67. The summed E-state index contributed by atoms with van der Waals surface area (Å²) in [4.78, 5) is 16.8. The van der Waals surface area contributed by atoms with Crippen LogP contribution in [-0.2, 0) is 11.3 Å². The smallest absolute Gasteiger partial charge is 0.325 e. The normalized spacial score (nSPS) is 19.8. The lowest BCUT2D eigenvalue weighted by molar-refractivity contribution is 0.151. The zero-order valence-electron chi connectivity index (χ0n) is 12.5. The Bertz CT molecular complexity index is 500. The second-order valence-corrected chi connectivity index (χ2v) is 5.66. The van der Waals surface area contributed by atoms with Crippen molar-refractivity contribution in [3.05, 3.63) is 29.8 Å². The van der Waals surface area contributed by atoms with Gasteiger partial charge in [-0.1, -0.05) is 18.2 Å². The summed E-state index contributed by atoms with van der Waals surface area (Å²) in [6.45, 7) is 3.87. The number of methoxy groups -OCH3 is 1. The second kappa shape index (κ2) is 6.45. The van der Waals surface area contributed by atoms with Gasteiger partial charge in [0.05, 0.1) is 18.8 Å². The Balaban J connectivity index is 1.86. The fourth-order valence-corrected chi connectivity index (χ4v) is 3.22. The molecule has 2 aliphatic rings. The van der Waals surface area contributed by atoms with E-state index in [0.717, 1.165) is 38.2 Å². The van der Waals surface area contributed by atoms with Gasteiger partial charge in [-0.25, -0.2) is 4.79 Å². The molecule has 1 N–H and O–H groups in total. The van der Waals surface area contributed by atoms with Crippen molar-refractivity contribution < 1.29 is 9.53 Å². The molecule has 5 nitrogen and oxygen atoms in total. The van der Waals surface area contributed by atoms with Crippen LogP contribution in [0, 0.1) is 0 Å². The van der Waals surface area contributed by atoms with E-state index in [1.807, 2.05) is 28.0 Å². The van der Waals surface area contributed by atoms with Crippen LogP contribution in [0.3, 0.4) is 0 Å². The van der Waals surface area contributed by atoms with Crippen molar-refractivity contribution in [3.8, 4) is 0 Å². The molecule has 1 aromatic carbocycles. The topological polar surface area (TPSA) is 44.8 Å². The van der Waals surface area contributed by atoms with Crippen LogP contribution in [0.1, 0.15) is 18.4 Å². The van der Waals surface area contributed by atoms with Crippen molar-refractivity contribution in [2.45, 2.75) is 25.4 Å². The van der Waals surface area contributed by atoms with Crippen LogP contribution in [-0.4, -0.2) is 50.3 Å². The summed E-state index contributed by atoms with van der Waals surface area (Å²) in [5, 5.41) is 3.36. The highest BCUT2D eigenvalue weighted by atomic mass is 16.5. The standard InChI is InChI=1S/C16H23N3O2/c1-21-11-10-18-15-5-3-2-4-13(15)12-19(16(18)20)14-6-8-17-9-7-14/h2-5,14,17H,6-12H2,1H3. The molecule has 0 unspecified atom stereocenters. The van der Waals surface area contributed by atoms with Gasteiger partial charge < -0.3 is 15.0 Å². The van der Waals surface area contributed by atoms with Crippen LogP contribution in [0.2, 0.25) is 0 Å². The van der Waals surface area contributed by atoms with Gasteiger partial charge in [-0.3, -0.25) is 4.90 Å². The summed E-state index contributed by atoms with van der Waals surface area (Å²) < 4.78 is 5.17. The lowest BCUT2D eigenvalue weighted by Gasteiger charge is -2.42. The zero-order chi connectivity index (χ0) is 14.7. The number of urea groups is 1. The van der Waals surface area contributed by atoms with Gasteiger partial charge in [0.15, 0.2) is 0 Å². The summed E-state index contributed by atoms with van der Waals surface area (Å²) in [5.74, 6) is 0. The summed E-state index contributed by atoms with van der Waals surface area (Å²) in [6, 6.07) is 8.66. The Hall–Kier alpha value is -1.59. The molecule has 0 radical (unpaired) electrons. The van der Waals surface area contributed by atoms with Gasteiger partial charge in [0.25, 0.3) is 0 Å². The predicted octanol–water partition coefficient (Wildman–Crippen LogP) is 1.83. The molecule has 0 spiro atoms. The highest BCUT2D eigenvalue weighted by molar-refractivity contribution is 5.95. The number of hydrogen-bond acceptors (Lipinski definition) is 3. The monoisotopic (exact) mass is 289 g/mol. The van der Waals surface area contributed by atoms with Crippen molar-refractivity contribution in [2.75, 3.05) is 38.3 Å². The van der Waals surface area contributed by atoms with Crippen LogP contribution in [0.4, 0.5) is 10.5 Å². The molecule has 0 atom stereocenters. The minimum absolute atomic E-state index is 0.123. The van der Waals surface area contributed by atoms with Crippen molar-refractivity contribution in [3.63, 3.8) is 0 Å². The van der Waals surface area contributed by atoms with E-state index in [0.29, 0.717) is 19.2 Å². The van der Waals surface area contributed by atoms with Gasteiger partial charge in [-0.15, -0.1) is 0 Å². The quantitative estimate of drug-likeness (QED) is 0.919. The molecule has 114 valence electrons. The fraction of sp³-hybridized carbons (Fsp3) is 0.562. The molecule has 3 rings (SSSR count). The number of ether oxygens (including phenoxy) is 1. The molecule has 0 aromatic heterocycles. The molecule has 0 aliphatic carbocycles. The van der Waals surface area contributed by atoms with E-state index < -0.39 is 0 Å². The first kappa shape index (κ1) is 14.4. The molecule has 1 fully saturated rings. The molecule has 5 heteroatoms. The Morgan fingerprint density at radius 3 is 2.81 bits per heavy atom. The Morgan fingerprint density at radius 1 is 1.29 bits per heavy atom. The van der Waals surface area contributed by atoms with Crippen LogP contribution < -0.4 is 10.2 Å². The molecule has 0 saturated carbocycles. The van der Waals surface area contributed by atoms with Gasteiger partial charge in [0.1, 0.15) is 0 Å². The molecule has 0 bridgehead atoms. The number of nitrogens with one attached hydrogen (secondary N) is 1. The minimum atomic E-state index is 0.123. The molecule has 2 aliphatic heterocycles. The third kappa shape index (κ3) is 2.89. The average Bonchev–Trinajstić information content (AvgIpc) is 2.54. The number of hydrogen-bond donors (Lipinski definition) is 1. The second-order valence-electron chi connectivity index (χ2n) is 5.66. The number of benzene rings is 1. The van der Waals surface area contributed by atoms with Crippen molar-refractivity contribution >= 4 is 11.7 Å². The number of rotatable bonds is 4. The lowest BCUT2D eigenvalue weighted by Crippen LogP contribution is -2.54. The predicted molar refractivity (Wildman–Crippen MR) is 82.5 cm³/mol. The number of para-hydroxylation sites is 1. The first-order chi connectivity index (χ1) is 10.3. The number of piperidine rings is 1. The first-order valence-corrected chi connectivity index (χ1v) is 7.67. The van der Waals surface area contributed by atoms with Crippen LogP contribution in [0.5, 0.6) is 0 Å². The number of amides is 2. The average molecular weight is 289 g/mol. The minimum Gasteiger partial charge on any atom is -0.383 e. The van der Waals surface area contributed by atoms with Gasteiger partial charge in [0.2, 0.25) is 0 Å². The van der Waals surface area contributed by atoms with Crippen molar-refractivity contribution in [1.82, 2.24) is 10.2 Å². The highest BCUT2D eigenvalue weighted by Crippen LogP contribution is 2.30. The van der Waals surface area contributed by atoms with Gasteiger partial charge >= 0.3 is 6.03 Å². The molecule has 1 aromatic rings. The molecule has 2 heterocycles. The highest BCUT2D eigenvalue weighted by Gasteiger charge is 2.34.